The van der Waals surface area contributed by atoms with Crippen molar-refractivity contribution in [2.75, 3.05) is 26.9 Å². The first kappa shape index (κ1) is 15.3. The summed E-state index contributed by atoms with van der Waals surface area (Å²) in [5.74, 6) is -0.324. The maximum absolute atomic E-state index is 11.8. The molecule has 1 aliphatic heterocycles. The smallest absolute Gasteiger partial charge is 0.338 e. The molecule has 1 unspecified atom stereocenters. The molecular formula is C15H19NO5. The first-order valence-corrected chi connectivity index (χ1v) is 6.88. The van der Waals surface area contributed by atoms with Crippen molar-refractivity contribution >= 4 is 11.9 Å². The van der Waals surface area contributed by atoms with Crippen LogP contribution < -0.4 is 10.1 Å². The largest absolute Gasteiger partial charge is 0.497 e. The van der Waals surface area contributed by atoms with Crippen molar-refractivity contribution in [3.8, 4) is 5.75 Å². The average molecular weight is 293 g/mol. The molecule has 0 aromatic heterocycles. The lowest BCUT2D eigenvalue weighted by Gasteiger charge is -2.11. The molecule has 6 nitrogen and oxygen atoms in total. The normalized spacial score (nSPS) is 17.3. The van der Waals surface area contributed by atoms with Crippen molar-refractivity contribution in [2.24, 2.45) is 0 Å². The van der Waals surface area contributed by atoms with E-state index in [4.69, 9.17) is 14.2 Å². The third-order valence-corrected chi connectivity index (χ3v) is 3.19. The Kier molecular flexibility index (Phi) is 5.57. The van der Waals surface area contributed by atoms with Gasteiger partial charge in [-0.05, 0) is 31.0 Å². The van der Waals surface area contributed by atoms with Crippen molar-refractivity contribution in [1.82, 2.24) is 5.32 Å². The Hall–Kier alpha value is -2.08. The molecule has 1 amide bonds. The van der Waals surface area contributed by atoms with Crippen LogP contribution in [-0.4, -0.2) is 44.8 Å². The summed E-state index contributed by atoms with van der Waals surface area (Å²) in [6, 6.07) is 6.58. The molecule has 0 bridgehead atoms. The fourth-order valence-electron chi connectivity index (χ4n) is 2.05. The number of methoxy groups -OCH3 is 1. The highest BCUT2D eigenvalue weighted by atomic mass is 16.5. The lowest BCUT2D eigenvalue weighted by Crippen LogP contribution is -2.34. The maximum atomic E-state index is 11.8. The molecule has 0 spiro atoms. The molecule has 0 aliphatic carbocycles. The summed E-state index contributed by atoms with van der Waals surface area (Å²) in [6.45, 7) is 0.893. The zero-order valence-electron chi connectivity index (χ0n) is 12.0. The molecule has 0 saturated carbocycles. The number of hydrogen-bond donors (Lipinski definition) is 1. The van der Waals surface area contributed by atoms with Gasteiger partial charge in [0.1, 0.15) is 5.75 Å². The van der Waals surface area contributed by atoms with Gasteiger partial charge in [0.25, 0.3) is 5.91 Å². The highest BCUT2D eigenvalue weighted by molar-refractivity contribution is 5.91. The number of rotatable bonds is 6. The van der Waals surface area contributed by atoms with Crippen LogP contribution in [0.1, 0.15) is 23.2 Å². The second kappa shape index (κ2) is 7.64. The number of nitrogens with one attached hydrogen (secondary N) is 1. The SMILES string of the molecule is COc1cccc(C(=O)OCC(=O)NCC2CCCO2)c1. The predicted octanol–water partition coefficient (Wildman–Crippen LogP) is 1.15. The van der Waals surface area contributed by atoms with Crippen molar-refractivity contribution in [3.63, 3.8) is 0 Å². The van der Waals surface area contributed by atoms with E-state index < -0.39 is 5.97 Å². The molecule has 114 valence electrons. The van der Waals surface area contributed by atoms with Gasteiger partial charge in [-0.2, -0.15) is 0 Å². The highest BCUT2D eigenvalue weighted by Crippen LogP contribution is 2.13. The third kappa shape index (κ3) is 4.75. The summed E-state index contributed by atoms with van der Waals surface area (Å²) >= 11 is 0. The fourth-order valence-corrected chi connectivity index (χ4v) is 2.05. The Morgan fingerprint density at radius 3 is 3.00 bits per heavy atom. The first-order valence-electron chi connectivity index (χ1n) is 6.88. The van der Waals surface area contributed by atoms with E-state index >= 15 is 0 Å². The van der Waals surface area contributed by atoms with Crippen molar-refractivity contribution < 1.29 is 23.8 Å². The highest BCUT2D eigenvalue weighted by Gasteiger charge is 2.17. The summed E-state index contributed by atoms with van der Waals surface area (Å²) in [5.41, 5.74) is 0.348. The second-order valence-corrected chi connectivity index (χ2v) is 4.75. The van der Waals surface area contributed by atoms with Crippen LogP contribution in [0.5, 0.6) is 5.75 Å². The zero-order valence-corrected chi connectivity index (χ0v) is 12.0. The Labute approximate surface area is 123 Å². The van der Waals surface area contributed by atoms with E-state index in [1.807, 2.05) is 0 Å². The van der Waals surface area contributed by atoms with Crippen LogP contribution in [0.15, 0.2) is 24.3 Å². The third-order valence-electron chi connectivity index (χ3n) is 3.19. The van der Waals surface area contributed by atoms with E-state index in [1.165, 1.54) is 7.11 Å². The minimum absolute atomic E-state index is 0.0723. The van der Waals surface area contributed by atoms with Gasteiger partial charge in [-0.15, -0.1) is 0 Å². The molecule has 1 N–H and O–H groups in total. The minimum atomic E-state index is -0.554. The molecule has 0 radical (unpaired) electrons. The van der Waals surface area contributed by atoms with Crippen LogP contribution in [0.3, 0.4) is 0 Å². The Morgan fingerprint density at radius 2 is 2.29 bits per heavy atom. The van der Waals surface area contributed by atoms with Gasteiger partial charge < -0.3 is 19.5 Å². The molecule has 2 rings (SSSR count). The van der Waals surface area contributed by atoms with E-state index in [-0.39, 0.29) is 18.6 Å². The molecular weight excluding hydrogens is 274 g/mol. The number of amides is 1. The van der Waals surface area contributed by atoms with Gasteiger partial charge in [-0.25, -0.2) is 4.79 Å². The van der Waals surface area contributed by atoms with E-state index in [9.17, 15) is 9.59 Å². The van der Waals surface area contributed by atoms with Crippen LogP contribution in [-0.2, 0) is 14.3 Å². The van der Waals surface area contributed by atoms with Crippen LogP contribution in [0, 0.1) is 0 Å². The molecule has 21 heavy (non-hydrogen) atoms. The lowest BCUT2D eigenvalue weighted by atomic mass is 10.2. The number of benzene rings is 1. The molecule has 1 aliphatic rings. The average Bonchev–Trinajstić information content (AvgIpc) is 3.04. The van der Waals surface area contributed by atoms with Crippen molar-refractivity contribution in [3.05, 3.63) is 29.8 Å². The van der Waals surface area contributed by atoms with Gasteiger partial charge in [-0.3, -0.25) is 4.79 Å². The van der Waals surface area contributed by atoms with Gasteiger partial charge in [0, 0.05) is 13.2 Å². The first-order chi connectivity index (χ1) is 10.2. The summed E-state index contributed by atoms with van der Waals surface area (Å²) < 4.78 is 15.4. The summed E-state index contributed by atoms with van der Waals surface area (Å²) in [7, 11) is 1.52. The Morgan fingerprint density at radius 1 is 1.43 bits per heavy atom. The van der Waals surface area contributed by atoms with Gasteiger partial charge in [0.15, 0.2) is 6.61 Å². The molecule has 6 heteroatoms. The van der Waals surface area contributed by atoms with Gasteiger partial charge in [0.2, 0.25) is 0 Å². The van der Waals surface area contributed by atoms with Crippen LogP contribution in [0.25, 0.3) is 0 Å². The monoisotopic (exact) mass is 293 g/mol. The number of carbonyl (C=O) groups excluding carboxylic acids is 2. The van der Waals surface area contributed by atoms with E-state index in [0.717, 1.165) is 19.4 Å². The second-order valence-electron chi connectivity index (χ2n) is 4.75. The summed E-state index contributed by atoms with van der Waals surface area (Å²) in [6.07, 6.45) is 2.04. The van der Waals surface area contributed by atoms with Crippen LogP contribution >= 0.6 is 0 Å². The van der Waals surface area contributed by atoms with Crippen molar-refractivity contribution in [1.29, 1.82) is 0 Å². The maximum Gasteiger partial charge on any atom is 0.338 e. The van der Waals surface area contributed by atoms with E-state index in [2.05, 4.69) is 5.32 Å². The van der Waals surface area contributed by atoms with Gasteiger partial charge in [0.05, 0.1) is 18.8 Å². The van der Waals surface area contributed by atoms with Gasteiger partial charge in [-0.1, -0.05) is 6.07 Å². The van der Waals surface area contributed by atoms with Crippen LogP contribution in [0.2, 0.25) is 0 Å². The molecule has 1 aromatic carbocycles. The van der Waals surface area contributed by atoms with Gasteiger partial charge >= 0.3 is 5.97 Å². The lowest BCUT2D eigenvalue weighted by molar-refractivity contribution is -0.124. The number of ether oxygens (including phenoxy) is 3. The topological polar surface area (TPSA) is 73.9 Å². The number of carbonyl (C=O) groups is 2. The molecule has 1 fully saturated rings. The Bertz CT molecular complexity index is 497. The minimum Gasteiger partial charge on any atom is -0.497 e. The fraction of sp³-hybridized carbons (Fsp3) is 0.467. The van der Waals surface area contributed by atoms with Crippen LogP contribution in [0.4, 0.5) is 0 Å². The number of esters is 1. The quantitative estimate of drug-likeness (QED) is 0.796. The molecule has 1 atom stereocenters. The van der Waals surface area contributed by atoms with Crippen molar-refractivity contribution in [2.45, 2.75) is 18.9 Å². The predicted molar refractivity (Wildman–Crippen MR) is 75.3 cm³/mol. The zero-order chi connectivity index (χ0) is 15.1. The summed E-state index contributed by atoms with van der Waals surface area (Å²) in [5, 5.41) is 2.69. The van der Waals surface area contributed by atoms with E-state index in [1.54, 1.807) is 24.3 Å². The Balaban J connectivity index is 1.73. The molecule has 1 aromatic rings. The van der Waals surface area contributed by atoms with E-state index in [0.29, 0.717) is 17.9 Å². The molecule has 1 heterocycles. The number of hydrogen-bond acceptors (Lipinski definition) is 5. The standard InChI is InChI=1S/C15H19NO5/c1-19-12-5-2-4-11(8-12)15(18)21-10-14(17)16-9-13-6-3-7-20-13/h2,4-5,8,13H,3,6-7,9-10H2,1H3,(H,16,17). The molecule has 1 saturated heterocycles. The summed E-state index contributed by atoms with van der Waals surface area (Å²) in [4.78, 5) is 23.4.